The maximum atomic E-state index is 12.9. The molecule has 1 aromatic rings. The fraction of sp³-hybridized carbons (Fsp3) is 0.556. The van der Waals surface area contributed by atoms with Crippen LogP contribution in [-0.2, 0) is 4.79 Å². The molecule has 2 saturated heterocycles. The smallest absolute Gasteiger partial charge is 0.282 e. The molecule has 2 amide bonds. The van der Waals surface area contributed by atoms with Crippen molar-refractivity contribution in [2.45, 2.75) is 31.7 Å². The van der Waals surface area contributed by atoms with Gasteiger partial charge in [0.1, 0.15) is 12.3 Å². The van der Waals surface area contributed by atoms with Crippen molar-refractivity contribution < 1.29 is 14.3 Å². The molecular weight excluding hydrogens is 324 g/mol. The standard InChI is InChI=1S/C18H24N2O3S/c1-23-15-8-6-14(7-9-15)16-5-3-2-4-10-20(16)17(21)13-19-11-12-24-18(19)22/h6-9,16H,2-5,10-13H2,1H3. The van der Waals surface area contributed by atoms with E-state index < -0.39 is 0 Å². The third-order valence-electron chi connectivity index (χ3n) is 4.74. The largest absolute Gasteiger partial charge is 0.497 e. The third kappa shape index (κ3) is 3.86. The lowest BCUT2D eigenvalue weighted by Crippen LogP contribution is -2.42. The van der Waals surface area contributed by atoms with Gasteiger partial charge in [0.25, 0.3) is 5.24 Å². The number of likely N-dealkylation sites (tertiary alicyclic amines) is 1. The zero-order chi connectivity index (χ0) is 16.9. The van der Waals surface area contributed by atoms with Crippen molar-refractivity contribution in [1.29, 1.82) is 0 Å². The number of carbonyl (C=O) groups is 2. The molecule has 0 saturated carbocycles. The summed E-state index contributed by atoms with van der Waals surface area (Å²) in [5.41, 5.74) is 1.15. The first-order chi connectivity index (χ1) is 11.7. The summed E-state index contributed by atoms with van der Waals surface area (Å²) in [6, 6.07) is 8.08. The lowest BCUT2D eigenvalue weighted by molar-refractivity contribution is -0.134. The molecule has 130 valence electrons. The van der Waals surface area contributed by atoms with E-state index >= 15 is 0 Å². The Morgan fingerprint density at radius 1 is 1.21 bits per heavy atom. The Hall–Kier alpha value is -1.69. The van der Waals surface area contributed by atoms with Crippen LogP contribution in [0.25, 0.3) is 0 Å². The van der Waals surface area contributed by atoms with E-state index in [1.165, 1.54) is 11.8 Å². The summed E-state index contributed by atoms with van der Waals surface area (Å²) in [5.74, 6) is 1.67. The first kappa shape index (κ1) is 17.1. The van der Waals surface area contributed by atoms with Gasteiger partial charge in [-0.3, -0.25) is 9.59 Å². The van der Waals surface area contributed by atoms with Crippen molar-refractivity contribution in [1.82, 2.24) is 9.80 Å². The minimum atomic E-state index is 0.0270. The van der Waals surface area contributed by atoms with Gasteiger partial charge >= 0.3 is 0 Å². The number of carbonyl (C=O) groups excluding carboxylic acids is 2. The normalized spacial score (nSPS) is 21.7. The van der Waals surface area contributed by atoms with Gasteiger partial charge in [0, 0.05) is 18.8 Å². The van der Waals surface area contributed by atoms with Crippen molar-refractivity contribution in [3.05, 3.63) is 29.8 Å². The fourth-order valence-corrected chi connectivity index (χ4v) is 4.23. The maximum Gasteiger partial charge on any atom is 0.282 e. The number of nitrogens with zero attached hydrogens (tertiary/aromatic N) is 2. The summed E-state index contributed by atoms with van der Waals surface area (Å²) in [6.45, 7) is 1.65. The van der Waals surface area contributed by atoms with E-state index in [0.717, 1.165) is 49.3 Å². The molecule has 2 aliphatic rings. The highest BCUT2D eigenvalue weighted by Crippen LogP contribution is 2.31. The molecule has 1 atom stereocenters. The van der Waals surface area contributed by atoms with Crippen LogP contribution >= 0.6 is 11.8 Å². The first-order valence-electron chi connectivity index (χ1n) is 8.54. The average molecular weight is 348 g/mol. The first-order valence-corrected chi connectivity index (χ1v) is 9.52. The van der Waals surface area contributed by atoms with Gasteiger partial charge < -0.3 is 14.5 Å². The minimum Gasteiger partial charge on any atom is -0.497 e. The Morgan fingerprint density at radius 3 is 2.67 bits per heavy atom. The highest BCUT2D eigenvalue weighted by molar-refractivity contribution is 8.13. The van der Waals surface area contributed by atoms with Gasteiger partial charge in [-0.05, 0) is 30.5 Å². The zero-order valence-electron chi connectivity index (χ0n) is 14.1. The van der Waals surface area contributed by atoms with Gasteiger partial charge in [0.2, 0.25) is 5.91 Å². The summed E-state index contributed by atoms with van der Waals surface area (Å²) < 4.78 is 5.23. The van der Waals surface area contributed by atoms with Crippen LogP contribution in [-0.4, -0.2) is 53.4 Å². The zero-order valence-corrected chi connectivity index (χ0v) is 14.9. The molecule has 1 unspecified atom stereocenters. The quantitative estimate of drug-likeness (QED) is 0.838. The predicted octanol–water partition coefficient (Wildman–Crippen LogP) is 3.31. The number of thioether (sulfide) groups is 1. The van der Waals surface area contributed by atoms with Gasteiger partial charge in [-0.15, -0.1) is 0 Å². The molecule has 0 aromatic heterocycles. The van der Waals surface area contributed by atoms with Crippen LogP contribution < -0.4 is 4.74 Å². The van der Waals surface area contributed by atoms with Gasteiger partial charge in [-0.25, -0.2) is 0 Å². The van der Waals surface area contributed by atoms with Crippen molar-refractivity contribution in [2.24, 2.45) is 0 Å². The Morgan fingerprint density at radius 2 is 2.00 bits per heavy atom. The number of benzene rings is 1. The Balaban J connectivity index is 1.76. The predicted molar refractivity (Wildman–Crippen MR) is 95.3 cm³/mol. The maximum absolute atomic E-state index is 12.9. The van der Waals surface area contributed by atoms with E-state index in [1.807, 2.05) is 29.2 Å². The van der Waals surface area contributed by atoms with Gasteiger partial charge in [0.15, 0.2) is 0 Å². The van der Waals surface area contributed by atoms with Crippen LogP contribution in [0.5, 0.6) is 5.75 Å². The molecule has 2 heterocycles. The third-order valence-corrected chi connectivity index (χ3v) is 5.64. The van der Waals surface area contributed by atoms with Crippen LogP contribution in [0.1, 0.15) is 37.3 Å². The van der Waals surface area contributed by atoms with E-state index in [-0.39, 0.29) is 23.7 Å². The monoisotopic (exact) mass is 348 g/mol. The molecule has 6 heteroatoms. The van der Waals surface area contributed by atoms with Gasteiger partial charge in [-0.2, -0.15) is 0 Å². The van der Waals surface area contributed by atoms with Crippen LogP contribution in [0.3, 0.4) is 0 Å². The lowest BCUT2D eigenvalue weighted by Gasteiger charge is -2.32. The van der Waals surface area contributed by atoms with Gasteiger partial charge in [-0.1, -0.05) is 36.7 Å². The highest BCUT2D eigenvalue weighted by atomic mass is 32.2. The van der Waals surface area contributed by atoms with Gasteiger partial charge in [0.05, 0.1) is 13.2 Å². The molecule has 1 aromatic carbocycles. The Kier molecular flexibility index (Phi) is 5.66. The Labute approximate surface area is 147 Å². The average Bonchev–Trinajstić information content (AvgIpc) is 2.87. The number of hydrogen-bond acceptors (Lipinski definition) is 4. The minimum absolute atomic E-state index is 0.0270. The Bertz CT molecular complexity index is 590. The molecule has 3 rings (SSSR count). The molecule has 0 aliphatic carbocycles. The molecule has 0 bridgehead atoms. The van der Waals surface area contributed by atoms with E-state index in [9.17, 15) is 9.59 Å². The second-order valence-corrected chi connectivity index (χ2v) is 7.31. The summed E-state index contributed by atoms with van der Waals surface area (Å²) in [6.07, 6.45) is 4.27. The second kappa shape index (κ2) is 7.92. The van der Waals surface area contributed by atoms with Crippen LogP contribution in [0.2, 0.25) is 0 Å². The molecule has 24 heavy (non-hydrogen) atoms. The number of ether oxygens (including phenoxy) is 1. The molecule has 2 aliphatic heterocycles. The van der Waals surface area contributed by atoms with E-state index in [4.69, 9.17) is 4.74 Å². The number of rotatable bonds is 4. The molecule has 0 radical (unpaired) electrons. The van der Waals surface area contributed by atoms with Crippen LogP contribution in [0.4, 0.5) is 4.79 Å². The summed E-state index contributed by atoms with van der Waals surface area (Å²) >= 11 is 1.30. The summed E-state index contributed by atoms with van der Waals surface area (Å²) in [5, 5.41) is 0.0270. The molecule has 0 N–H and O–H groups in total. The van der Waals surface area contributed by atoms with E-state index in [1.54, 1.807) is 12.0 Å². The summed E-state index contributed by atoms with van der Waals surface area (Å²) in [7, 11) is 1.65. The SMILES string of the molecule is COc1ccc(C2CCCCCN2C(=O)CN2CCSC2=O)cc1. The lowest BCUT2D eigenvalue weighted by atomic mass is 10.0. The highest BCUT2D eigenvalue weighted by Gasteiger charge is 2.30. The number of methoxy groups -OCH3 is 1. The molecule has 5 nitrogen and oxygen atoms in total. The van der Waals surface area contributed by atoms with Crippen molar-refractivity contribution in [2.75, 3.05) is 32.5 Å². The number of amides is 2. The fourth-order valence-electron chi connectivity index (χ4n) is 3.40. The molecular formula is C18H24N2O3S. The topological polar surface area (TPSA) is 49.9 Å². The molecule has 0 spiro atoms. The van der Waals surface area contributed by atoms with E-state index in [2.05, 4.69) is 0 Å². The number of hydrogen-bond donors (Lipinski definition) is 0. The van der Waals surface area contributed by atoms with Crippen LogP contribution in [0, 0.1) is 0 Å². The second-order valence-electron chi connectivity index (χ2n) is 6.26. The van der Waals surface area contributed by atoms with Crippen molar-refractivity contribution in [3.63, 3.8) is 0 Å². The van der Waals surface area contributed by atoms with E-state index in [0.29, 0.717) is 6.54 Å². The van der Waals surface area contributed by atoms with Crippen molar-refractivity contribution >= 4 is 22.9 Å². The summed E-state index contributed by atoms with van der Waals surface area (Å²) in [4.78, 5) is 28.3. The van der Waals surface area contributed by atoms with Crippen LogP contribution in [0.15, 0.2) is 24.3 Å². The molecule has 2 fully saturated rings. The van der Waals surface area contributed by atoms with Crippen molar-refractivity contribution in [3.8, 4) is 5.75 Å².